The molecule has 1 aromatic rings. The van der Waals surface area contributed by atoms with Gasteiger partial charge in [-0.25, -0.2) is 0 Å². The van der Waals surface area contributed by atoms with E-state index in [2.05, 4.69) is 29.6 Å². The summed E-state index contributed by atoms with van der Waals surface area (Å²) in [6, 6.07) is 8.63. The van der Waals surface area contributed by atoms with Gasteiger partial charge in [0.05, 0.1) is 0 Å². The summed E-state index contributed by atoms with van der Waals surface area (Å²) in [7, 11) is 0. The molecule has 1 N–H and O–H groups in total. The Bertz CT molecular complexity index is 205. The van der Waals surface area contributed by atoms with Crippen molar-refractivity contribution in [1.82, 2.24) is 5.32 Å². The van der Waals surface area contributed by atoms with E-state index < -0.39 is 0 Å². The predicted octanol–water partition coefficient (Wildman–Crippen LogP) is 2.99. The zero-order valence-electron chi connectivity index (χ0n) is 7.93. The average Bonchev–Trinajstić information content (AvgIpc) is 2.21. The van der Waals surface area contributed by atoms with E-state index in [-0.39, 0.29) is 7.43 Å². The smallest absolute Gasteiger partial charge is 0.0208 e. The van der Waals surface area contributed by atoms with E-state index >= 15 is 0 Å². The molecule has 1 aliphatic heterocycles. The van der Waals surface area contributed by atoms with Crippen molar-refractivity contribution in [3.63, 3.8) is 0 Å². The van der Waals surface area contributed by atoms with Crippen LogP contribution in [0.5, 0.6) is 0 Å². The Morgan fingerprint density at radius 2 is 1.69 bits per heavy atom. The first-order chi connectivity index (χ1) is 5.97. The van der Waals surface area contributed by atoms with Crippen molar-refractivity contribution < 1.29 is 0 Å². The Labute approximate surface area is 82.2 Å². The van der Waals surface area contributed by atoms with Crippen LogP contribution in [0.3, 0.4) is 0 Å². The minimum atomic E-state index is 0. The molecule has 0 atom stereocenters. The first-order valence-electron chi connectivity index (χ1n) is 4.74. The zero-order chi connectivity index (χ0) is 8.81. The van der Waals surface area contributed by atoms with Gasteiger partial charge in [0, 0.05) is 6.54 Å². The van der Waals surface area contributed by atoms with Gasteiger partial charge in [0.15, 0.2) is 0 Å². The highest BCUT2D eigenvalue weighted by atomic mass is 14.9. The Morgan fingerprint density at radius 1 is 1.08 bits per heavy atom. The van der Waals surface area contributed by atoms with Crippen molar-refractivity contribution in [2.75, 3.05) is 6.54 Å². The Hall–Kier alpha value is -0.820. The third-order valence-electron chi connectivity index (χ3n) is 2.00. The molecule has 1 aliphatic rings. The molecular weight excluding hydrogens is 158 g/mol. The number of hydrogen-bond donors (Lipinski definition) is 1. The molecule has 0 amide bonds. The summed E-state index contributed by atoms with van der Waals surface area (Å²) >= 11 is 0. The fourth-order valence-electron chi connectivity index (χ4n) is 1.42. The third-order valence-corrected chi connectivity index (χ3v) is 2.00. The lowest BCUT2D eigenvalue weighted by Gasteiger charge is -2.15. The van der Waals surface area contributed by atoms with Gasteiger partial charge in [0.25, 0.3) is 0 Å². The highest BCUT2D eigenvalue weighted by Gasteiger charge is 2.05. The van der Waals surface area contributed by atoms with Gasteiger partial charge < -0.3 is 5.32 Å². The van der Waals surface area contributed by atoms with Crippen molar-refractivity contribution in [2.24, 2.45) is 0 Å². The quantitative estimate of drug-likeness (QED) is 0.645. The largest absolute Gasteiger partial charge is 0.312 e. The van der Waals surface area contributed by atoms with E-state index in [4.69, 9.17) is 0 Å². The van der Waals surface area contributed by atoms with Crippen molar-refractivity contribution in [3.05, 3.63) is 35.4 Å². The second-order valence-electron chi connectivity index (χ2n) is 2.70. The first kappa shape index (κ1) is 12.2. The lowest BCUT2D eigenvalue weighted by atomic mass is 10.0. The van der Waals surface area contributed by atoms with Gasteiger partial charge in [0.2, 0.25) is 0 Å². The lowest BCUT2D eigenvalue weighted by molar-refractivity contribution is 0.644. The molecule has 0 aliphatic carbocycles. The standard InChI is InChI=1S/C9H11N.C2H6.CH4/c1-2-4-9-7-10-6-5-8(9)3-1;1-2;/h1-4,10H,5-7H2;1-2H3;1H4. The fourth-order valence-corrected chi connectivity index (χ4v) is 1.42. The molecule has 74 valence electrons. The van der Waals surface area contributed by atoms with Crippen LogP contribution in [0, 0.1) is 0 Å². The van der Waals surface area contributed by atoms with E-state index in [0.717, 1.165) is 13.1 Å². The maximum Gasteiger partial charge on any atom is 0.0208 e. The SMILES string of the molecule is C.CC.c1ccc2c(c1)CCNC2. The molecule has 0 unspecified atom stereocenters. The van der Waals surface area contributed by atoms with Gasteiger partial charge in [-0.1, -0.05) is 45.5 Å². The van der Waals surface area contributed by atoms with Crippen LogP contribution in [-0.2, 0) is 13.0 Å². The number of rotatable bonds is 0. The van der Waals surface area contributed by atoms with Crippen LogP contribution in [0.4, 0.5) is 0 Å². The Balaban J connectivity index is 0.000000451. The van der Waals surface area contributed by atoms with Crippen LogP contribution < -0.4 is 5.32 Å². The second kappa shape index (κ2) is 6.67. The summed E-state index contributed by atoms with van der Waals surface area (Å²) in [4.78, 5) is 0. The third kappa shape index (κ3) is 3.19. The van der Waals surface area contributed by atoms with Crippen LogP contribution in [0.1, 0.15) is 32.4 Å². The molecule has 0 radical (unpaired) electrons. The molecule has 0 fully saturated rings. The van der Waals surface area contributed by atoms with Crippen molar-refractivity contribution in [2.45, 2.75) is 34.2 Å². The number of nitrogens with one attached hydrogen (secondary N) is 1. The summed E-state index contributed by atoms with van der Waals surface area (Å²) in [6.07, 6.45) is 1.19. The van der Waals surface area contributed by atoms with E-state index in [9.17, 15) is 0 Å². The molecule has 0 spiro atoms. The molecule has 1 heterocycles. The summed E-state index contributed by atoms with van der Waals surface area (Å²) in [5.41, 5.74) is 2.98. The Morgan fingerprint density at radius 3 is 2.31 bits per heavy atom. The van der Waals surface area contributed by atoms with Gasteiger partial charge in [0.1, 0.15) is 0 Å². The average molecular weight is 179 g/mol. The van der Waals surface area contributed by atoms with Gasteiger partial charge in [-0.05, 0) is 24.1 Å². The van der Waals surface area contributed by atoms with Gasteiger partial charge >= 0.3 is 0 Å². The Kier molecular flexibility index (Phi) is 6.25. The second-order valence-corrected chi connectivity index (χ2v) is 2.70. The molecule has 1 heteroatoms. The lowest BCUT2D eigenvalue weighted by Crippen LogP contribution is -2.23. The molecule has 0 aromatic heterocycles. The van der Waals surface area contributed by atoms with Crippen LogP contribution in [0.15, 0.2) is 24.3 Å². The van der Waals surface area contributed by atoms with Gasteiger partial charge in [-0.2, -0.15) is 0 Å². The summed E-state index contributed by atoms with van der Waals surface area (Å²) < 4.78 is 0. The van der Waals surface area contributed by atoms with E-state index in [1.54, 1.807) is 0 Å². The molecule has 0 saturated heterocycles. The van der Waals surface area contributed by atoms with Gasteiger partial charge in [-0.15, -0.1) is 0 Å². The van der Waals surface area contributed by atoms with E-state index in [0.29, 0.717) is 0 Å². The van der Waals surface area contributed by atoms with Crippen molar-refractivity contribution >= 4 is 0 Å². The first-order valence-corrected chi connectivity index (χ1v) is 4.74. The number of hydrogen-bond acceptors (Lipinski definition) is 1. The van der Waals surface area contributed by atoms with E-state index in [1.807, 2.05) is 13.8 Å². The molecule has 2 rings (SSSR count). The molecular formula is C12H21N. The summed E-state index contributed by atoms with van der Waals surface area (Å²) in [6.45, 7) is 6.19. The van der Waals surface area contributed by atoms with Crippen LogP contribution >= 0.6 is 0 Å². The maximum absolute atomic E-state index is 3.34. The highest BCUT2D eigenvalue weighted by molar-refractivity contribution is 5.28. The maximum atomic E-state index is 3.34. The monoisotopic (exact) mass is 179 g/mol. The van der Waals surface area contributed by atoms with Crippen molar-refractivity contribution in [1.29, 1.82) is 0 Å². The van der Waals surface area contributed by atoms with Crippen LogP contribution in [-0.4, -0.2) is 6.54 Å². The van der Waals surface area contributed by atoms with Crippen LogP contribution in [0.25, 0.3) is 0 Å². The summed E-state index contributed by atoms with van der Waals surface area (Å²) in [5.74, 6) is 0. The zero-order valence-corrected chi connectivity index (χ0v) is 7.93. The number of benzene rings is 1. The topological polar surface area (TPSA) is 12.0 Å². The number of fused-ring (bicyclic) bond motifs is 1. The summed E-state index contributed by atoms with van der Waals surface area (Å²) in [5, 5.41) is 3.34. The fraction of sp³-hybridized carbons (Fsp3) is 0.500. The van der Waals surface area contributed by atoms with Crippen molar-refractivity contribution in [3.8, 4) is 0 Å². The highest BCUT2D eigenvalue weighted by Crippen LogP contribution is 2.11. The molecule has 13 heavy (non-hydrogen) atoms. The van der Waals surface area contributed by atoms with Crippen LogP contribution in [0.2, 0.25) is 0 Å². The molecule has 1 aromatic carbocycles. The molecule has 1 nitrogen and oxygen atoms in total. The minimum Gasteiger partial charge on any atom is -0.312 e. The molecule has 0 bridgehead atoms. The normalized spacial score (nSPS) is 13.1. The molecule has 0 saturated carbocycles. The minimum absolute atomic E-state index is 0. The predicted molar refractivity (Wildman–Crippen MR) is 59.9 cm³/mol. The van der Waals surface area contributed by atoms with E-state index in [1.165, 1.54) is 17.5 Å². The van der Waals surface area contributed by atoms with Gasteiger partial charge in [-0.3, -0.25) is 0 Å².